The molecule has 1 heterocycles. The number of hydrogen-bond acceptors (Lipinski definition) is 1. The summed E-state index contributed by atoms with van der Waals surface area (Å²) in [6, 6.07) is 4.93. The van der Waals surface area contributed by atoms with Gasteiger partial charge >= 0.3 is 64.9 Å². The van der Waals surface area contributed by atoms with E-state index in [2.05, 4.69) is 64.9 Å². The summed E-state index contributed by atoms with van der Waals surface area (Å²) in [4.78, 5) is 12.4. The molecule has 0 fully saturated rings. The van der Waals surface area contributed by atoms with Gasteiger partial charge in [0.15, 0.2) is 0 Å². The van der Waals surface area contributed by atoms with Crippen LogP contribution in [0.3, 0.4) is 0 Å². The first-order valence-electron chi connectivity index (χ1n) is 4.54. The zero-order chi connectivity index (χ0) is 12.7. The molecular weight excluding hydrogens is 650 g/mol. The van der Waals surface area contributed by atoms with Crippen molar-refractivity contribution < 1.29 is 80.4 Å². The molecule has 0 radical (unpaired) electrons. The molecule has 1 aromatic rings. The summed E-state index contributed by atoms with van der Waals surface area (Å²) in [5.41, 5.74) is -0.0532. The topological polar surface area (TPSA) is 32.9 Å². The molecule has 0 aromatic carbocycles. The fourth-order valence-electron chi connectivity index (χ4n) is 0.377. The van der Waals surface area contributed by atoms with Crippen molar-refractivity contribution in [2.24, 2.45) is 0 Å². The minimum atomic E-state index is -0.278. The Kier molecular flexibility index (Phi) is 62.6. The monoisotopic (exact) mass is 667 g/mol. The van der Waals surface area contributed by atoms with Crippen LogP contribution in [0, 0.1) is 75.5 Å². The number of hydrogen-bond donors (Lipinski definition) is 1. The first kappa shape index (κ1) is 33.0. The molecule has 0 spiro atoms. The number of nitrogens with one attached hydrogen (secondary N) is 1. The van der Waals surface area contributed by atoms with Crippen molar-refractivity contribution in [2.45, 2.75) is 27.7 Å². The van der Waals surface area contributed by atoms with Gasteiger partial charge in [0.2, 0.25) is 5.56 Å². The standard InChI is InChI=1S/C5H5NO.2C2H6.2Ar.3HI.V/c7-5-3-1-2-4-6-5;2*1-2;;;;;;/h1-4H,(H,6,7);2*1-2H3;;;3*1H;/q;;;;;;;;+3/p-3. The van der Waals surface area contributed by atoms with E-state index in [0.717, 1.165) is 0 Å². The maximum absolute atomic E-state index is 10.2. The predicted octanol–water partition coefficient (Wildman–Crippen LogP) is 5.08. The molecule has 0 saturated carbocycles. The molecule has 2 nitrogen and oxygen atoms in total. The Balaban J connectivity index is -0.0000000426. The van der Waals surface area contributed by atoms with Gasteiger partial charge in [-0.05, 0) is 6.07 Å². The molecule has 0 saturated heterocycles. The predicted molar refractivity (Wildman–Crippen MR) is 91.8 cm³/mol. The van der Waals surface area contributed by atoms with E-state index in [1.54, 1.807) is 18.3 Å². The summed E-state index contributed by atoms with van der Waals surface area (Å²) in [6.07, 6.45) is 1.60. The molecule has 0 unspecified atom stereocenters. The van der Waals surface area contributed by atoms with Crippen LogP contribution < -0.4 is 5.56 Å². The summed E-state index contributed by atoms with van der Waals surface area (Å²) in [5, 5.41) is 0. The fraction of sp³-hybridized carbons (Fsp3) is 0.444. The Bertz CT molecular complexity index is 231. The second kappa shape index (κ2) is 32.3. The van der Waals surface area contributed by atoms with Gasteiger partial charge < -0.3 is 4.98 Å². The molecule has 0 aliphatic carbocycles. The molecule has 8 heteroatoms. The van der Waals surface area contributed by atoms with Gasteiger partial charge in [-0.2, -0.15) is 0 Å². The Morgan fingerprint density at radius 2 is 1.35 bits per heavy atom. The fourth-order valence-corrected chi connectivity index (χ4v) is 0.377. The Labute approximate surface area is 202 Å². The van der Waals surface area contributed by atoms with Crippen molar-refractivity contribution in [1.29, 1.82) is 0 Å². The zero-order valence-corrected chi connectivity index (χ0v) is 19.3. The Morgan fingerprint density at radius 1 is 1.00 bits per heavy atom. The van der Waals surface area contributed by atoms with Crippen LogP contribution in [0.4, 0.5) is 0 Å². The van der Waals surface area contributed by atoms with Crippen LogP contribution >= 0.6 is 59.9 Å². The van der Waals surface area contributed by atoms with Gasteiger partial charge in [0.05, 0.1) is 0 Å². The molecule has 1 rings (SSSR count). The van der Waals surface area contributed by atoms with E-state index >= 15 is 0 Å². The first-order valence-corrected chi connectivity index (χ1v) is 18.1. The summed E-state index contributed by atoms with van der Waals surface area (Å²) in [7, 11) is 0. The van der Waals surface area contributed by atoms with Gasteiger partial charge in [-0.3, -0.25) is 4.79 Å². The number of rotatable bonds is 0. The van der Waals surface area contributed by atoms with E-state index < -0.39 is 0 Å². The Hall–Kier alpha value is 4.24. The number of aromatic amines is 1. The van der Waals surface area contributed by atoms with Gasteiger partial charge in [0.1, 0.15) is 0 Å². The third-order valence-electron chi connectivity index (χ3n) is 0.681. The third-order valence-corrected chi connectivity index (χ3v) is 0.681. The molecule has 0 amide bonds. The van der Waals surface area contributed by atoms with Crippen molar-refractivity contribution in [2.75, 3.05) is 0 Å². The third kappa shape index (κ3) is 44.9. The van der Waals surface area contributed by atoms with E-state index in [9.17, 15) is 4.79 Å². The van der Waals surface area contributed by atoms with Crippen LogP contribution in [0.25, 0.3) is 0 Å². The van der Waals surface area contributed by atoms with E-state index in [4.69, 9.17) is 0 Å². The van der Waals surface area contributed by atoms with E-state index in [1.165, 1.54) is 6.07 Å². The first-order chi connectivity index (χ1) is 7.13. The van der Waals surface area contributed by atoms with Crippen molar-refractivity contribution in [3.63, 3.8) is 0 Å². The van der Waals surface area contributed by atoms with Crippen molar-refractivity contribution in [3.05, 3.63) is 34.7 Å². The van der Waals surface area contributed by atoms with Gasteiger partial charge in [-0.1, -0.05) is 33.8 Å². The van der Waals surface area contributed by atoms with Crippen molar-refractivity contribution in [3.8, 4) is 0 Å². The summed E-state index contributed by atoms with van der Waals surface area (Å²) in [5.74, 6) is 0. The molecule has 106 valence electrons. The quantitative estimate of drug-likeness (QED) is 0.385. The van der Waals surface area contributed by atoms with Gasteiger partial charge in [0.25, 0.3) is 0 Å². The molecular formula is C9H17Ar2I3NOV. The van der Waals surface area contributed by atoms with Crippen LogP contribution in [0.5, 0.6) is 0 Å². The second-order valence-electron chi connectivity index (χ2n) is 1.42. The van der Waals surface area contributed by atoms with E-state index in [-0.39, 0.29) is 86.0 Å². The van der Waals surface area contributed by atoms with Gasteiger partial charge in [0, 0.05) is 87.7 Å². The summed E-state index contributed by atoms with van der Waals surface area (Å²) >= 11 is 7.39. The normalized spacial score (nSPS) is 6.35. The SMILES string of the molecule is CC.CC.O=c1cccc[nH]1.[Ar].[Ar].[I][V]([I])[I]. The van der Waals surface area contributed by atoms with E-state index in [0.29, 0.717) is 0 Å². The van der Waals surface area contributed by atoms with Crippen molar-refractivity contribution in [1.82, 2.24) is 4.98 Å². The second-order valence-corrected chi connectivity index (χ2v) is 36.8. The van der Waals surface area contributed by atoms with Crippen LogP contribution in [0.15, 0.2) is 29.2 Å². The maximum atomic E-state index is 10.2. The van der Waals surface area contributed by atoms with Gasteiger partial charge in [-0.15, -0.1) is 0 Å². The molecule has 0 aliphatic rings. The zero-order valence-electron chi connectivity index (χ0n) is 10.0. The number of H-pyrrole nitrogens is 1. The van der Waals surface area contributed by atoms with Crippen LogP contribution in [0.2, 0.25) is 0 Å². The Morgan fingerprint density at radius 3 is 1.47 bits per heavy atom. The average Bonchev–Trinajstić information content (AvgIpc) is 2.24. The van der Waals surface area contributed by atoms with E-state index in [1.807, 2.05) is 27.7 Å². The number of halogens is 3. The molecule has 0 aliphatic heterocycles. The number of aromatic nitrogens is 1. The van der Waals surface area contributed by atoms with Crippen molar-refractivity contribution >= 4 is 59.9 Å². The van der Waals surface area contributed by atoms with Gasteiger partial charge in [-0.25, -0.2) is 0 Å². The molecule has 1 N–H and O–H groups in total. The summed E-state index contributed by atoms with van der Waals surface area (Å²) in [6.45, 7) is 8.00. The molecule has 1 aromatic heterocycles. The average molecular weight is 667 g/mol. The van der Waals surface area contributed by atoms with Crippen LogP contribution in [0.1, 0.15) is 27.7 Å². The van der Waals surface area contributed by atoms with Crippen LogP contribution in [-0.2, 0) is 4.92 Å². The molecule has 0 bridgehead atoms. The molecule has 17 heavy (non-hydrogen) atoms. The minimum absolute atomic E-state index is 0. The summed E-state index contributed by atoms with van der Waals surface area (Å²) < 4.78 is 0. The number of pyridine rings is 1. The van der Waals surface area contributed by atoms with Crippen LogP contribution in [-0.4, -0.2) is 4.98 Å². The molecule has 0 atom stereocenters.